The zero-order valence-corrected chi connectivity index (χ0v) is 16.3. The van der Waals surface area contributed by atoms with Crippen molar-refractivity contribution in [1.29, 1.82) is 0 Å². The van der Waals surface area contributed by atoms with Gasteiger partial charge in [-0.25, -0.2) is 0 Å². The minimum Gasteiger partial charge on any atom is -1.00 e. The van der Waals surface area contributed by atoms with Crippen molar-refractivity contribution in [2.45, 2.75) is 96.8 Å². The molecule has 0 aliphatic heterocycles. The molecule has 3 heteroatoms. The molecule has 0 saturated heterocycles. The van der Waals surface area contributed by atoms with Crippen LogP contribution in [0.4, 0.5) is 0 Å². The summed E-state index contributed by atoms with van der Waals surface area (Å²) in [6, 6.07) is 0. The number of aliphatic hydroxyl groups is 1. The van der Waals surface area contributed by atoms with Crippen LogP contribution in [0, 0.1) is 0 Å². The lowest BCUT2D eigenvalue weighted by Gasteiger charge is -2.26. The SMILES string of the molecule is CCCCCCCCCCCCCCCC[N+](C)(C)CO.[Cl-]. The van der Waals surface area contributed by atoms with Gasteiger partial charge in [-0.1, -0.05) is 84.0 Å². The number of hydrogen-bond acceptors (Lipinski definition) is 1. The van der Waals surface area contributed by atoms with Gasteiger partial charge in [0.25, 0.3) is 0 Å². The summed E-state index contributed by atoms with van der Waals surface area (Å²) in [7, 11) is 4.20. The Labute approximate surface area is 146 Å². The Hall–Kier alpha value is 0.210. The third kappa shape index (κ3) is 18.3. The largest absolute Gasteiger partial charge is 1.00 e. The van der Waals surface area contributed by atoms with Gasteiger partial charge >= 0.3 is 0 Å². The van der Waals surface area contributed by atoms with E-state index in [9.17, 15) is 5.11 Å². The van der Waals surface area contributed by atoms with Crippen LogP contribution in [-0.4, -0.2) is 37.0 Å². The number of rotatable bonds is 16. The van der Waals surface area contributed by atoms with Gasteiger partial charge in [-0.3, -0.25) is 0 Å². The first kappa shape index (κ1) is 24.5. The zero-order valence-electron chi connectivity index (χ0n) is 15.6. The van der Waals surface area contributed by atoms with Crippen LogP contribution in [0.3, 0.4) is 0 Å². The van der Waals surface area contributed by atoms with E-state index < -0.39 is 0 Å². The molecule has 0 fully saturated rings. The van der Waals surface area contributed by atoms with Gasteiger partial charge in [0.2, 0.25) is 0 Å². The van der Waals surface area contributed by atoms with E-state index in [0.29, 0.717) is 0 Å². The number of unbranched alkanes of at least 4 members (excludes halogenated alkanes) is 13. The highest BCUT2D eigenvalue weighted by atomic mass is 35.5. The van der Waals surface area contributed by atoms with Gasteiger partial charge < -0.3 is 22.0 Å². The fraction of sp³-hybridized carbons (Fsp3) is 1.00. The summed E-state index contributed by atoms with van der Waals surface area (Å²) < 4.78 is 0.748. The van der Waals surface area contributed by atoms with Crippen molar-refractivity contribution >= 4 is 0 Å². The molecule has 0 rings (SSSR count). The summed E-state index contributed by atoms with van der Waals surface area (Å²) in [5, 5.41) is 9.17. The highest BCUT2D eigenvalue weighted by Gasteiger charge is 2.11. The van der Waals surface area contributed by atoms with Crippen molar-refractivity contribution in [3.8, 4) is 0 Å². The molecule has 136 valence electrons. The lowest BCUT2D eigenvalue weighted by molar-refractivity contribution is -0.909. The van der Waals surface area contributed by atoms with Crippen LogP contribution in [0.15, 0.2) is 0 Å². The second-order valence-electron chi connectivity index (χ2n) is 7.40. The number of halogens is 1. The van der Waals surface area contributed by atoms with Gasteiger partial charge in [0.1, 0.15) is 0 Å². The predicted octanol–water partition coefficient (Wildman–Crippen LogP) is 2.50. The molecule has 0 aromatic rings. The molecule has 0 bridgehead atoms. The monoisotopic (exact) mass is 335 g/mol. The molecule has 0 amide bonds. The molecule has 0 aliphatic carbocycles. The van der Waals surface area contributed by atoms with Crippen molar-refractivity contribution in [1.82, 2.24) is 0 Å². The molecule has 0 spiro atoms. The molecule has 0 saturated carbocycles. The number of quaternary nitrogens is 1. The van der Waals surface area contributed by atoms with Gasteiger partial charge in [-0.15, -0.1) is 0 Å². The molecule has 0 aliphatic rings. The normalized spacial score (nSPS) is 11.5. The van der Waals surface area contributed by atoms with E-state index in [-0.39, 0.29) is 19.1 Å². The summed E-state index contributed by atoms with van der Waals surface area (Å²) in [4.78, 5) is 0. The molecule has 1 N–H and O–H groups in total. The van der Waals surface area contributed by atoms with Crippen LogP contribution in [0.1, 0.15) is 96.8 Å². The quantitative estimate of drug-likeness (QED) is 0.261. The minimum absolute atomic E-state index is 0. The van der Waals surface area contributed by atoms with E-state index >= 15 is 0 Å². The maximum atomic E-state index is 9.17. The van der Waals surface area contributed by atoms with E-state index in [1.54, 1.807) is 0 Å². The lowest BCUT2D eigenvalue weighted by atomic mass is 10.0. The van der Waals surface area contributed by atoms with E-state index in [4.69, 9.17) is 0 Å². The molecular formula is C19H42ClNO. The van der Waals surface area contributed by atoms with Gasteiger partial charge in [0, 0.05) is 0 Å². The van der Waals surface area contributed by atoms with Gasteiger partial charge in [0.15, 0.2) is 6.73 Å². The Balaban J connectivity index is 0. The van der Waals surface area contributed by atoms with E-state index in [1.807, 2.05) is 0 Å². The zero-order chi connectivity index (χ0) is 15.8. The van der Waals surface area contributed by atoms with Crippen LogP contribution >= 0.6 is 0 Å². The van der Waals surface area contributed by atoms with Crippen molar-refractivity contribution in [2.24, 2.45) is 0 Å². The molecule has 0 aromatic carbocycles. The topological polar surface area (TPSA) is 20.2 Å². The highest BCUT2D eigenvalue weighted by Crippen LogP contribution is 2.13. The fourth-order valence-corrected chi connectivity index (χ4v) is 2.81. The van der Waals surface area contributed by atoms with Crippen molar-refractivity contribution in [3.63, 3.8) is 0 Å². The summed E-state index contributed by atoms with van der Waals surface area (Å²) in [5.41, 5.74) is 0. The first-order valence-corrected chi connectivity index (χ1v) is 9.55. The predicted molar refractivity (Wildman–Crippen MR) is 94.4 cm³/mol. The standard InChI is InChI=1S/C19H42NO.ClH/c1-4-5-6-7-8-9-10-11-12-13-14-15-16-17-18-20(2,3)19-21;/h21H,4-19H2,1-3H3;1H/q+1;/p-1. The molecule has 0 atom stereocenters. The molecular weight excluding hydrogens is 294 g/mol. The summed E-state index contributed by atoms with van der Waals surface area (Å²) in [6.45, 7) is 3.65. The van der Waals surface area contributed by atoms with Crippen molar-refractivity contribution < 1.29 is 22.0 Å². The van der Waals surface area contributed by atoms with Gasteiger partial charge in [0.05, 0.1) is 20.6 Å². The average Bonchev–Trinajstić information content (AvgIpc) is 2.47. The molecule has 0 heterocycles. The van der Waals surface area contributed by atoms with Crippen molar-refractivity contribution in [2.75, 3.05) is 27.4 Å². The highest BCUT2D eigenvalue weighted by molar-refractivity contribution is 4.49. The first-order valence-electron chi connectivity index (χ1n) is 9.55. The van der Waals surface area contributed by atoms with Crippen LogP contribution in [-0.2, 0) is 0 Å². The number of hydrogen-bond donors (Lipinski definition) is 1. The number of nitrogens with zero attached hydrogens (tertiary/aromatic N) is 1. The van der Waals surface area contributed by atoms with Crippen LogP contribution in [0.2, 0.25) is 0 Å². The summed E-state index contributed by atoms with van der Waals surface area (Å²) in [6.07, 6.45) is 19.7. The van der Waals surface area contributed by atoms with E-state index in [1.165, 1.54) is 89.9 Å². The third-order valence-corrected chi connectivity index (χ3v) is 4.50. The molecule has 0 unspecified atom stereocenters. The van der Waals surface area contributed by atoms with E-state index in [0.717, 1.165) is 11.0 Å². The summed E-state index contributed by atoms with van der Waals surface area (Å²) >= 11 is 0. The Morgan fingerprint density at radius 2 is 0.909 bits per heavy atom. The third-order valence-electron chi connectivity index (χ3n) is 4.50. The summed E-state index contributed by atoms with van der Waals surface area (Å²) in [5.74, 6) is 0. The second-order valence-corrected chi connectivity index (χ2v) is 7.40. The van der Waals surface area contributed by atoms with Crippen LogP contribution in [0.5, 0.6) is 0 Å². The second kappa shape index (κ2) is 17.6. The first-order chi connectivity index (χ1) is 10.1. The smallest absolute Gasteiger partial charge is 0.179 e. The Bertz CT molecular complexity index is 210. The Morgan fingerprint density at radius 3 is 1.23 bits per heavy atom. The van der Waals surface area contributed by atoms with Crippen molar-refractivity contribution in [3.05, 3.63) is 0 Å². The number of aliphatic hydroxyl groups excluding tert-OH is 1. The average molecular weight is 336 g/mol. The van der Waals surface area contributed by atoms with Crippen LogP contribution < -0.4 is 12.4 Å². The van der Waals surface area contributed by atoms with Crippen LogP contribution in [0.25, 0.3) is 0 Å². The Morgan fingerprint density at radius 1 is 0.591 bits per heavy atom. The molecule has 22 heavy (non-hydrogen) atoms. The fourth-order valence-electron chi connectivity index (χ4n) is 2.81. The lowest BCUT2D eigenvalue weighted by Crippen LogP contribution is -3.00. The van der Waals surface area contributed by atoms with Gasteiger partial charge in [-0.05, 0) is 12.8 Å². The minimum atomic E-state index is 0. The maximum absolute atomic E-state index is 9.17. The van der Waals surface area contributed by atoms with E-state index in [2.05, 4.69) is 21.0 Å². The Kier molecular flexibility index (Phi) is 19.5. The molecule has 0 aromatic heterocycles. The maximum Gasteiger partial charge on any atom is 0.179 e. The van der Waals surface area contributed by atoms with Gasteiger partial charge in [-0.2, -0.15) is 0 Å². The molecule has 0 radical (unpaired) electrons. The molecule has 2 nitrogen and oxygen atoms in total.